The van der Waals surface area contributed by atoms with Crippen molar-refractivity contribution in [3.05, 3.63) is 55.1 Å². The number of rotatable bonds is 7. The third-order valence-corrected chi connectivity index (χ3v) is 4.46. The summed E-state index contributed by atoms with van der Waals surface area (Å²) in [4.78, 5) is 5.54. The standard InChI is InChI=1S/C16H19N3S/c1-2-9-20-16-6-4-3-5-15(16)18-11-14-10-17-12-19(14)13-7-8-13/h2-6,10,12-13,18H,1,7-9,11H2. The molecule has 20 heavy (non-hydrogen) atoms. The number of hydrogen-bond acceptors (Lipinski definition) is 3. The normalized spacial score (nSPS) is 14.2. The summed E-state index contributed by atoms with van der Waals surface area (Å²) in [5, 5.41) is 3.53. The number of imidazole rings is 1. The zero-order valence-electron chi connectivity index (χ0n) is 11.5. The summed E-state index contributed by atoms with van der Waals surface area (Å²) in [6, 6.07) is 9.10. The molecule has 0 aliphatic heterocycles. The van der Waals surface area contributed by atoms with Gasteiger partial charge in [-0.3, -0.25) is 0 Å². The van der Waals surface area contributed by atoms with E-state index in [2.05, 4.69) is 45.7 Å². The first-order chi connectivity index (χ1) is 9.88. The minimum Gasteiger partial charge on any atom is -0.379 e. The Kier molecular flexibility index (Phi) is 4.11. The van der Waals surface area contributed by atoms with Gasteiger partial charge in [0.15, 0.2) is 0 Å². The molecule has 0 saturated heterocycles. The van der Waals surface area contributed by atoms with Crippen LogP contribution in [0.2, 0.25) is 0 Å². The SMILES string of the molecule is C=CCSc1ccccc1NCc1cncn1C1CC1. The monoisotopic (exact) mass is 285 g/mol. The number of thioether (sulfide) groups is 1. The summed E-state index contributed by atoms with van der Waals surface area (Å²) in [6.07, 6.45) is 8.42. The minimum absolute atomic E-state index is 0.680. The average Bonchev–Trinajstić information content (AvgIpc) is 3.22. The van der Waals surface area contributed by atoms with Gasteiger partial charge in [-0.1, -0.05) is 18.2 Å². The molecule has 1 N–H and O–H groups in total. The van der Waals surface area contributed by atoms with E-state index in [1.165, 1.54) is 29.1 Å². The quantitative estimate of drug-likeness (QED) is 0.613. The number of hydrogen-bond donors (Lipinski definition) is 1. The lowest BCUT2D eigenvalue weighted by molar-refractivity contribution is 0.700. The van der Waals surface area contributed by atoms with E-state index in [1.807, 2.05) is 18.6 Å². The minimum atomic E-state index is 0.680. The van der Waals surface area contributed by atoms with Crippen molar-refractivity contribution in [1.29, 1.82) is 0 Å². The van der Waals surface area contributed by atoms with Crippen LogP contribution in [0.5, 0.6) is 0 Å². The third kappa shape index (κ3) is 3.07. The molecule has 1 saturated carbocycles. The lowest BCUT2D eigenvalue weighted by Crippen LogP contribution is -2.06. The van der Waals surface area contributed by atoms with Crippen LogP contribution in [0.4, 0.5) is 5.69 Å². The van der Waals surface area contributed by atoms with E-state index in [-0.39, 0.29) is 0 Å². The number of para-hydroxylation sites is 1. The van der Waals surface area contributed by atoms with Crippen LogP contribution in [0.25, 0.3) is 0 Å². The second kappa shape index (κ2) is 6.18. The fourth-order valence-electron chi connectivity index (χ4n) is 2.22. The Hall–Kier alpha value is -1.68. The molecule has 1 aromatic carbocycles. The Bertz CT molecular complexity index is 587. The van der Waals surface area contributed by atoms with Crippen molar-refractivity contribution in [2.45, 2.75) is 30.3 Å². The Labute approximate surface area is 124 Å². The van der Waals surface area contributed by atoms with Crippen molar-refractivity contribution in [1.82, 2.24) is 9.55 Å². The number of nitrogens with zero attached hydrogens (tertiary/aromatic N) is 2. The van der Waals surface area contributed by atoms with Crippen LogP contribution in [-0.4, -0.2) is 15.3 Å². The van der Waals surface area contributed by atoms with Gasteiger partial charge in [-0.05, 0) is 25.0 Å². The number of aromatic nitrogens is 2. The summed E-state index contributed by atoms with van der Waals surface area (Å²) < 4.78 is 2.30. The molecule has 1 fully saturated rings. The van der Waals surface area contributed by atoms with Crippen LogP contribution >= 0.6 is 11.8 Å². The summed E-state index contributed by atoms with van der Waals surface area (Å²) in [6.45, 7) is 4.60. The van der Waals surface area contributed by atoms with Gasteiger partial charge in [0.05, 0.1) is 18.6 Å². The molecule has 3 nitrogen and oxygen atoms in total. The molecule has 1 aromatic heterocycles. The molecule has 0 amide bonds. The zero-order chi connectivity index (χ0) is 13.8. The molecule has 2 aromatic rings. The molecule has 4 heteroatoms. The second-order valence-corrected chi connectivity index (χ2v) is 6.03. The molecule has 0 atom stereocenters. The van der Waals surface area contributed by atoms with Crippen molar-refractivity contribution < 1.29 is 0 Å². The van der Waals surface area contributed by atoms with Crippen LogP contribution < -0.4 is 5.32 Å². The van der Waals surface area contributed by atoms with E-state index in [4.69, 9.17) is 0 Å². The van der Waals surface area contributed by atoms with Gasteiger partial charge in [-0.15, -0.1) is 18.3 Å². The van der Waals surface area contributed by atoms with Gasteiger partial charge in [0, 0.05) is 28.6 Å². The molecular weight excluding hydrogens is 266 g/mol. The van der Waals surface area contributed by atoms with Crippen molar-refractivity contribution in [3.63, 3.8) is 0 Å². The van der Waals surface area contributed by atoms with Gasteiger partial charge in [-0.2, -0.15) is 0 Å². The molecule has 1 heterocycles. The predicted molar refractivity (Wildman–Crippen MR) is 85.2 cm³/mol. The molecule has 1 aliphatic carbocycles. The fraction of sp³-hybridized carbons (Fsp3) is 0.312. The lowest BCUT2D eigenvalue weighted by Gasteiger charge is -2.12. The molecule has 0 unspecified atom stereocenters. The topological polar surface area (TPSA) is 29.9 Å². The fourth-order valence-corrected chi connectivity index (χ4v) is 2.99. The number of nitrogens with one attached hydrogen (secondary N) is 1. The van der Waals surface area contributed by atoms with Gasteiger partial charge in [-0.25, -0.2) is 4.98 Å². The van der Waals surface area contributed by atoms with Gasteiger partial charge in [0.2, 0.25) is 0 Å². The Morgan fingerprint density at radius 3 is 3.05 bits per heavy atom. The maximum absolute atomic E-state index is 4.27. The van der Waals surface area contributed by atoms with Crippen LogP contribution in [-0.2, 0) is 6.54 Å². The summed E-state index contributed by atoms with van der Waals surface area (Å²) >= 11 is 1.80. The van der Waals surface area contributed by atoms with Gasteiger partial charge < -0.3 is 9.88 Å². The average molecular weight is 285 g/mol. The van der Waals surface area contributed by atoms with Gasteiger partial charge in [0.25, 0.3) is 0 Å². The van der Waals surface area contributed by atoms with Crippen molar-refractivity contribution in [2.24, 2.45) is 0 Å². The van der Waals surface area contributed by atoms with Crippen LogP contribution in [0.15, 0.2) is 54.3 Å². The number of benzene rings is 1. The molecule has 3 rings (SSSR count). The van der Waals surface area contributed by atoms with E-state index in [1.54, 1.807) is 11.8 Å². The first kappa shape index (κ1) is 13.3. The zero-order valence-corrected chi connectivity index (χ0v) is 12.3. The van der Waals surface area contributed by atoms with Crippen molar-refractivity contribution >= 4 is 17.4 Å². The Morgan fingerprint density at radius 2 is 2.25 bits per heavy atom. The molecule has 0 radical (unpaired) electrons. The van der Waals surface area contributed by atoms with E-state index in [0.29, 0.717) is 6.04 Å². The lowest BCUT2D eigenvalue weighted by atomic mass is 10.3. The highest BCUT2D eigenvalue weighted by molar-refractivity contribution is 7.99. The van der Waals surface area contributed by atoms with Crippen molar-refractivity contribution in [3.8, 4) is 0 Å². The third-order valence-electron chi connectivity index (χ3n) is 3.39. The molecular formula is C16H19N3S. The highest BCUT2D eigenvalue weighted by atomic mass is 32.2. The Balaban J connectivity index is 1.68. The maximum Gasteiger partial charge on any atom is 0.0951 e. The smallest absolute Gasteiger partial charge is 0.0951 e. The molecule has 104 valence electrons. The summed E-state index contributed by atoms with van der Waals surface area (Å²) in [5.41, 5.74) is 2.44. The van der Waals surface area contributed by atoms with Crippen LogP contribution in [0, 0.1) is 0 Å². The largest absolute Gasteiger partial charge is 0.379 e. The van der Waals surface area contributed by atoms with Crippen LogP contribution in [0.1, 0.15) is 24.6 Å². The van der Waals surface area contributed by atoms with E-state index in [0.717, 1.165) is 12.3 Å². The van der Waals surface area contributed by atoms with Crippen molar-refractivity contribution in [2.75, 3.05) is 11.1 Å². The van der Waals surface area contributed by atoms with Gasteiger partial charge in [0.1, 0.15) is 0 Å². The second-order valence-electron chi connectivity index (χ2n) is 4.97. The molecule has 0 spiro atoms. The highest BCUT2D eigenvalue weighted by Crippen LogP contribution is 2.36. The van der Waals surface area contributed by atoms with E-state index in [9.17, 15) is 0 Å². The maximum atomic E-state index is 4.27. The number of anilines is 1. The Morgan fingerprint density at radius 1 is 1.40 bits per heavy atom. The van der Waals surface area contributed by atoms with Crippen LogP contribution in [0.3, 0.4) is 0 Å². The first-order valence-electron chi connectivity index (χ1n) is 6.96. The van der Waals surface area contributed by atoms with Gasteiger partial charge >= 0.3 is 0 Å². The van der Waals surface area contributed by atoms with E-state index < -0.39 is 0 Å². The molecule has 0 bridgehead atoms. The molecule has 1 aliphatic rings. The summed E-state index contributed by atoms with van der Waals surface area (Å²) in [5.74, 6) is 0.929. The first-order valence-corrected chi connectivity index (χ1v) is 7.94. The highest BCUT2D eigenvalue weighted by Gasteiger charge is 2.24. The predicted octanol–water partition coefficient (Wildman–Crippen LogP) is 4.11. The summed E-state index contributed by atoms with van der Waals surface area (Å²) in [7, 11) is 0. The van der Waals surface area contributed by atoms with E-state index >= 15 is 0 Å².